The molecular formula is C14H16N2. The molecule has 1 saturated carbocycles. The molecule has 1 aliphatic carbocycles. The molecule has 16 heavy (non-hydrogen) atoms. The van der Waals surface area contributed by atoms with E-state index in [-0.39, 0.29) is 0 Å². The maximum Gasteiger partial charge on any atom is 0.0576 e. The molecule has 2 heteroatoms. The third kappa shape index (κ3) is 1.93. The molecule has 1 atom stereocenters. The van der Waals surface area contributed by atoms with E-state index in [4.69, 9.17) is 0 Å². The van der Waals surface area contributed by atoms with Gasteiger partial charge in [-0.3, -0.25) is 4.98 Å². The van der Waals surface area contributed by atoms with Crippen LogP contribution in [0.25, 0.3) is 10.8 Å². The van der Waals surface area contributed by atoms with Crippen LogP contribution in [0, 0.1) is 0 Å². The Labute approximate surface area is 95.7 Å². The molecule has 0 saturated heterocycles. The molecule has 1 heterocycles. The Hall–Kier alpha value is -1.41. The third-order valence-corrected chi connectivity index (χ3v) is 3.16. The molecule has 1 aromatic heterocycles. The summed E-state index contributed by atoms with van der Waals surface area (Å²) in [5, 5.41) is 6.06. The summed E-state index contributed by atoms with van der Waals surface area (Å²) >= 11 is 0. The highest BCUT2D eigenvalue weighted by Gasteiger charge is 2.23. The fourth-order valence-corrected chi connectivity index (χ4v) is 2.03. The van der Waals surface area contributed by atoms with Crippen LogP contribution in [0.4, 0.5) is 0 Å². The highest BCUT2D eigenvalue weighted by molar-refractivity contribution is 5.81. The number of hydrogen-bond acceptors (Lipinski definition) is 2. The number of rotatable bonds is 3. The van der Waals surface area contributed by atoms with Gasteiger partial charge in [0.05, 0.1) is 5.69 Å². The first-order chi connectivity index (χ1) is 7.83. The lowest BCUT2D eigenvalue weighted by Crippen LogP contribution is -2.21. The second-order valence-corrected chi connectivity index (χ2v) is 4.62. The maximum absolute atomic E-state index is 4.53. The van der Waals surface area contributed by atoms with Crippen molar-refractivity contribution in [2.75, 3.05) is 0 Å². The smallest absolute Gasteiger partial charge is 0.0576 e. The number of benzene rings is 1. The molecule has 2 nitrogen and oxygen atoms in total. The molecule has 82 valence electrons. The van der Waals surface area contributed by atoms with Gasteiger partial charge in [-0.15, -0.1) is 0 Å². The van der Waals surface area contributed by atoms with Crippen LogP contribution in [-0.2, 0) is 0 Å². The van der Waals surface area contributed by atoms with E-state index in [1.54, 1.807) is 0 Å². The zero-order chi connectivity index (χ0) is 11.0. The molecule has 0 bridgehead atoms. The van der Waals surface area contributed by atoms with Gasteiger partial charge in [0.15, 0.2) is 0 Å². The number of fused-ring (bicyclic) bond motifs is 1. The summed E-state index contributed by atoms with van der Waals surface area (Å²) in [6, 6.07) is 11.6. The molecule has 1 N–H and O–H groups in total. The Kier molecular flexibility index (Phi) is 2.37. The molecule has 1 fully saturated rings. The van der Waals surface area contributed by atoms with E-state index >= 15 is 0 Å². The fourth-order valence-electron chi connectivity index (χ4n) is 2.03. The monoisotopic (exact) mass is 212 g/mol. The van der Waals surface area contributed by atoms with Gasteiger partial charge in [-0.1, -0.05) is 24.3 Å². The van der Waals surface area contributed by atoms with E-state index in [0.29, 0.717) is 6.04 Å². The van der Waals surface area contributed by atoms with Crippen molar-refractivity contribution in [3.8, 4) is 0 Å². The summed E-state index contributed by atoms with van der Waals surface area (Å²) in [4.78, 5) is 4.53. The second kappa shape index (κ2) is 3.87. The van der Waals surface area contributed by atoms with E-state index in [1.165, 1.54) is 23.6 Å². The summed E-state index contributed by atoms with van der Waals surface area (Å²) in [5.74, 6) is 0. The predicted octanol–water partition coefficient (Wildman–Crippen LogP) is 3.05. The molecule has 0 amide bonds. The van der Waals surface area contributed by atoms with Crippen molar-refractivity contribution in [2.45, 2.75) is 31.8 Å². The van der Waals surface area contributed by atoms with Crippen LogP contribution in [-0.4, -0.2) is 11.0 Å². The molecule has 1 unspecified atom stereocenters. The maximum atomic E-state index is 4.53. The van der Waals surface area contributed by atoms with E-state index in [2.05, 4.69) is 47.6 Å². The standard InChI is InChI=1S/C14H16N2/c1-10(16-13-6-7-13)14-8-11-4-2-3-5-12(11)9-15-14/h2-5,8-10,13,16H,6-7H2,1H3. The number of aromatic nitrogens is 1. The number of nitrogens with one attached hydrogen (secondary N) is 1. The number of hydrogen-bond donors (Lipinski definition) is 1. The minimum Gasteiger partial charge on any atom is -0.306 e. The van der Waals surface area contributed by atoms with Gasteiger partial charge in [0.1, 0.15) is 0 Å². The van der Waals surface area contributed by atoms with E-state index in [9.17, 15) is 0 Å². The fraction of sp³-hybridized carbons (Fsp3) is 0.357. The summed E-state index contributed by atoms with van der Waals surface area (Å²) in [6.45, 7) is 2.19. The van der Waals surface area contributed by atoms with E-state index in [1.807, 2.05) is 6.20 Å². The predicted molar refractivity (Wildman–Crippen MR) is 66.3 cm³/mol. The first-order valence-corrected chi connectivity index (χ1v) is 5.94. The minimum atomic E-state index is 0.358. The van der Waals surface area contributed by atoms with Gasteiger partial charge >= 0.3 is 0 Å². The summed E-state index contributed by atoms with van der Waals surface area (Å²) in [7, 11) is 0. The lowest BCUT2D eigenvalue weighted by atomic mass is 10.1. The quantitative estimate of drug-likeness (QED) is 0.845. The minimum absolute atomic E-state index is 0.358. The Morgan fingerprint density at radius 1 is 1.25 bits per heavy atom. The van der Waals surface area contributed by atoms with Gasteiger partial charge < -0.3 is 5.32 Å². The highest BCUT2D eigenvalue weighted by atomic mass is 15.0. The van der Waals surface area contributed by atoms with Crippen molar-refractivity contribution in [3.05, 3.63) is 42.2 Å². The molecule has 1 aromatic carbocycles. The lowest BCUT2D eigenvalue weighted by molar-refractivity contribution is 0.559. The highest BCUT2D eigenvalue weighted by Crippen LogP contribution is 2.24. The van der Waals surface area contributed by atoms with Gasteiger partial charge in [0.2, 0.25) is 0 Å². The second-order valence-electron chi connectivity index (χ2n) is 4.62. The Bertz CT molecular complexity index is 503. The van der Waals surface area contributed by atoms with Crippen LogP contribution < -0.4 is 5.32 Å². The largest absolute Gasteiger partial charge is 0.306 e. The summed E-state index contributed by atoms with van der Waals surface area (Å²) in [6.07, 6.45) is 4.60. The van der Waals surface area contributed by atoms with Crippen molar-refractivity contribution < 1.29 is 0 Å². The Morgan fingerprint density at radius 3 is 2.75 bits per heavy atom. The lowest BCUT2D eigenvalue weighted by Gasteiger charge is -2.13. The zero-order valence-corrected chi connectivity index (χ0v) is 9.48. The van der Waals surface area contributed by atoms with Crippen molar-refractivity contribution in [2.24, 2.45) is 0 Å². The third-order valence-electron chi connectivity index (χ3n) is 3.16. The number of pyridine rings is 1. The average Bonchev–Trinajstić information content (AvgIpc) is 3.12. The molecular weight excluding hydrogens is 196 g/mol. The first kappa shape index (κ1) is 9.79. The SMILES string of the molecule is CC(NC1CC1)c1cc2ccccc2cn1. The van der Waals surface area contributed by atoms with Gasteiger partial charge in [0.25, 0.3) is 0 Å². The van der Waals surface area contributed by atoms with Gasteiger partial charge in [-0.2, -0.15) is 0 Å². The Balaban J connectivity index is 1.91. The van der Waals surface area contributed by atoms with Crippen molar-refractivity contribution in [1.29, 1.82) is 0 Å². The summed E-state index contributed by atoms with van der Waals surface area (Å²) < 4.78 is 0. The first-order valence-electron chi connectivity index (χ1n) is 5.94. The molecule has 3 rings (SSSR count). The van der Waals surface area contributed by atoms with Crippen molar-refractivity contribution >= 4 is 10.8 Å². The van der Waals surface area contributed by atoms with Crippen LogP contribution in [0.1, 0.15) is 31.5 Å². The van der Waals surface area contributed by atoms with E-state index in [0.717, 1.165) is 11.7 Å². The number of nitrogens with zero attached hydrogens (tertiary/aromatic N) is 1. The Morgan fingerprint density at radius 2 is 2.00 bits per heavy atom. The van der Waals surface area contributed by atoms with Crippen LogP contribution in [0.5, 0.6) is 0 Å². The molecule has 0 aliphatic heterocycles. The zero-order valence-electron chi connectivity index (χ0n) is 9.48. The molecule has 2 aromatic rings. The van der Waals surface area contributed by atoms with Gasteiger partial charge in [-0.25, -0.2) is 0 Å². The topological polar surface area (TPSA) is 24.9 Å². The molecule has 1 aliphatic rings. The van der Waals surface area contributed by atoms with Crippen molar-refractivity contribution in [1.82, 2.24) is 10.3 Å². The summed E-state index contributed by atoms with van der Waals surface area (Å²) in [5.41, 5.74) is 1.14. The van der Waals surface area contributed by atoms with Crippen molar-refractivity contribution in [3.63, 3.8) is 0 Å². The molecule has 0 spiro atoms. The van der Waals surface area contributed by atoms with Crippen LogP contribution in [0.15, 0.2) is 36.5 Å². The van der Waals surface area contributed by atoms with Gasteiger partial charge in [0, 0.05) is 23.7 Å². The van der Waals surface area contributed by atoms with E-state index < -0.39 is 0 Å². The van der Waals surface area contributed by atoms with Crippen LogP contribution in [0.3, 0.4) is 0 Å². The normalized spacial score (nSPS) is 17.6. The molecule has 0 radical (unpaired) electrons. The van der Waals surface area contributed by atoms with Crippen LogP contribution in [0.2, 0.25) is 0 Å². The average molecular weight is 212 g/mol. The van der Waals surface area contributed by atoms with Gasteiger partial charge in [-0.05, 0) is 31.2 Å². The van der Waals surface area contributed by atoms with Crippen LogP contribution >= 0.6 is 0 Å².